The van der Waals surface area contributed by atoms with Crippen molar-refractivity contribution in [1.82, 2.24) is 0 Å². The van der Waals surface area contributed by atoms with Crippen LogP contribution in [0.15, 0.2) is 4.99 Å². The Morgan fingerprint density at radius 3 is 0.814 bits per heavy atom. The van der Waals surface area contributed by atoms with E-state index >= 15 is 0 Å². The lowest BCUT2D eigenvalue weighted by molar-refractivity contribution is 0.193. The van der Waals surface area contributed by atoms with Gasteiger partial charge in [0.15, 0.2) is 0 Å². The molecule has 0 saturated carbocycles. The van der Waals surface area contributed by atoms with Gasteiger partial charge < -0.3 is 9.79 Å². The average Bonchev–Trinajstić information content (AvgIpc) is 2.98. The van der Waals surface area contributed by atoms with E-state index in [0.29, 0.717) is 6.54 Å². The van der Waals surface area contributed by atoms with Crippen molar-refractivity contribution in [2.45, 2.75) is 212 Å². The molecule has 0 aromatic carbocycles. The van der Waals surface area contributed by atoms with Gasteiger partial charge >= 0.3 is 7.82 Å². The molecule has 2 N–H and O–H groups in total. The van der Waals surface area contributed by atoms with Crippen molar-refractivity contribution in [1.29, 1.82) is 0 Å². The van der Waals surface area contributed by atoms with Crippen molar-refractivity contribution in [3.63, 3.8) is 0 Å². The highest BCUT2D eigenvalue weighted by Gasteiger charge is 2.12. The molecule has 0 unspecified atom stereocenters. The highest BCUT2D eigenvalue weighted by atomic mass is 31.2. The summed E-state index contributed by atoms with van der Waals surface area (Å²) in [4.78, 5) is 30.9. The molecule has 0 radical (unpaired) electrons. The molecule has 0 aromatic heterocycles. The van der Waals surface area contributed by atoms with Gasteiger partial charge in [-0.25, -0.2) is 14.4 Å². The Balaban J connectivity index is 3.06. The molecule has 6 nitrogen and oxygen atoms in total. The van der Waals surface area contributed by atoms with E-state index in [4.69, 9.17) is 9.79 Å². The number of rotatable bonds is 37. The summed E-state index contributed by atoms with van der Waals surface area (Å²) in [5, 5.41) is 0. The van der Waals surface area contributed by atoms with Gasteiger partial charge in [0.2, 0.25) is 6.08 Å². The Labute approximate surface area is 267 Å². The molecule has 7 heteroatoms. The third-order valence-corrected chi connectivity index (χ3v) is 9.26. The second kappa shape index (κ2) is 36.0. The molecule has 0 heterocycles. The lowest BCUT2D eigenvalue weighted by Gasteiger charge is -2.05. The Kier molecular flexibility index (Phi) is 35.5. The van der Waals surface area contributed by atoms with Crippen LogP contribution in [0.5, 0.6) is 0 Å². The minimum atomic E-state index is -4.28. The van der Waals surface area contributed by atoms with E-state index in [1.165, 1.54) is 186 Å². The fourth-order valence-electron chi connectivity index (χ4n) is 6.00. The van der Waals surface area contributed by atoms with Crippen LogP contribution in [0, 0.1) is 0 Å². The van der Waals surface area contributed by atoms with Crippen molar-refractivity contribution >= 4 is 13.9 Å². The molecule has 0 saturated heterocycles. The van der Waals surface area contributed by atoms with Crippen LogP contribution in [0.4, 0.5) is 0 Å². The van der Waals surface area contributed by atoms with Gasteiger partial charge in [-0.2, -0.15) is 0 Å². The molecule has 0 aliphatic carbocycles. The number of isocyanates is 1. The first-order valence-corrected chi connectivity index (χ1v) is 20.3. The Bertz CT molecular complexity index is 635. The van der Waals surface area contributed by atoms with Gasteiger partial charge in [-0.3, -0.25) is 4.52 Å². The molecular formula is C36H72NO5P. The van der Waals surface area contributed by atoms with Crippen molar-refractivity contribution < 1.29 is 23.7 Å². The van der Waals surface area contributed by atoms with E-state index in [1.807, 2.05) is 0 Å². The zero-order valence-corrected chi connectivity index (χ0v) is 29.2. The van der Waals surface area contributed by atoms with Gasteiger partial charge in [0.25, 0.3) is 0 Å². The van der Waals surface area contributed by atoms with Crippen LogP contribution in [0.2, 0.25) is 0 Å². The molecule has 0 amide bonds. The van der Waals surface area contributed by atoms with Crippen LogP contribution in [0.1, 0.15) is 212 Å². The second-order valence-corrected chi connectivity index (χ2v) is 14.2. The van der Waals surface area contributed by atoms with Gasteiger partial charge in [0, 0.05) is 0 Å². The molecule has 43 heavy (non-hydrogen) atoms. The number of phosphoric acid groups is 1. The summed E-state index contributed by atoms with van der Waals surface area (Å²) in [6.45, 7) is 0.824. The molecule has 0 fully saturated rings. The van der Waals surface area contributed by atoms with E-state index in [9.17, 15) is 9.36 Å². The molecule has 0 spiro atoms. The highest BCUT2D eigenvalue weighted by Crippen LogP contribution is 2.35. The van der Waals surface area contributed by atoms with E-state index in [0.717, 1.165) is 25.7 Å². The molecule has 0 atom stereocenters. The van der Waals surface area contributed by atoms with Crippen LogP contribution < -0.4 is 0 Å². The van der Waals surface area contributed by atoms with Crippen molar-refractivity contribution in [3.8, 4) is 0 Å². The maximum absolute atomic E-state index is 10.6. The number of carbonyl (C=O) groups excluding carboxylic acids is 1. The monoisotopic (exact) mass is 630 g/mol. The summed E-state index contributed by atoms with van der Waals surface area (Å²) in [6.07, 6.45) is 45.9. The first kappa shape index (κ1) is 42.5. The molecule has 0 aliphatic heterocycles. The van der Waals surface area contributed by atoms with Gasteiger partial charge in [-0.1, -0.05) is 199 Å². The summed E-state index contributed by atoms with van der Waals surface area (Å²) >= 11 is 0. The van der Waals surface area contributed by atoms with Crippen LogP contribution in [0.25, 0.3) is 0 Å². The van der Waals surface area contributed by atoms with Crippen molar-refractivity contribution in [3.05, 3.63) is 0 Å². The summed E-state index contributed by atoms with van der Waals surface area (Å²) in [7, 11) is -4.28. The van der Waals surface area contributed by atoms with E-state index in [-0.39, 0.29) is 6.61 Å². The van der Waals surface area contributed by atoms with Gasteiger partial charge in [-0.05, 0) is 12.8 Å². The van der Waals surface area contributed by atoms with Gasteiger partial charge in [-0.15, -0.1) is 0 Å². The van der Waals surface area contributed by atoms with Gasteiger partial charge in [0.05, 0.1) is 13.2 Å². The van der Waals surface area contributed by atoms with Crippen LogP contribution in [-0.2, 0) is 13.9 Å². The van der Waals surface area contributed by atoms with Crippen LogP contribution in [-0.4, -0.2) is 29.0 Å². The SMILES string of the molecule is O=C=NCCCCCCCCCCCCCCCCCCCCCCCCCCCCCCCCCCCOP(=O)(O)O. The summed E-state index contributed by atoms with van der Waals surface area (Å²) in [6, 6.07) is 0. The predicted octanol–water partition coefficient (Wildman–Crippen LogP) is 12.3. The number of phosphoric ester groups is 1. The maximum atomic E-state index is 10.6. The quantitative estimate of drug-likeness (QED) is 0.0308. The van der Waals surface area contributed by atoms with Crippen molar-refractivity contribution in [2.75, 3.05) is 13.2 Å². The number of hydrogen-bond acceptors (Lipinski definition) is 4. The summed E-state index contributed by atoms with van der Waals surface area (Å²) in [5.41, 5.74) is 0. The minimum Gasteiger partial charge on any atom is -0.303 e. The highest BCUT2D eigenvalue weighted by molar-refractivity contribution is 7.46. The van der Waals surface area contributed by atoms with E-state index in [2.05, 4.69) is 9.52 Å². The topological polar surface area (TPSA) is 96.2 Å². The Hall–Kier alpha value is -0.510. The molecule has 0 rings (SSSR count). The second-order valence-electron chi connectivity index (χ2n) is 13.0. The van der Waals surface area contributed by atoms with Crippen molar-refractivity contribution in [2.24, 2.45) is 4.99 Å². The molecule has 0 bridgehead atoms. The number of nitrogens with zero attached hydrogens (tertiary/aromatic N) is 1. The van der Waals surface area contributed by atoms with Gasteiger partial charge in [0.1, 0.15) is 0 Å². The third kappa shape index (κ3) is 41.5. The average molecular weight is 630 g/mol. The maximum Gasteiger partial charge on any atom is 0.469 e. The van der Waals surface area contributed by atoms with E-state index in [1.54, 1.807) is 6.08 Å². The Morgan fingerprint density at radius 2 is 0.605 bits per heavy atom. The van der Waals surface area contributed by atoms with E-state index < -0.39 is 7.82 Å². The lowest BCUT2D eigenvalue weighted by atomic mass is 10.0. The predicted molar refractivity (Wildman–Crippen MR) is 183 cm³/mol. The first-order valence-electron chi connectivity index (χ1n) is 18.8. The number of hydrogen-bond donors (Lipinski definition) is 2. The summed E-state index contributed by atoms with van der Waals surface area (Å²) in [5.74, 6) is 0. The summed E-state index contributed by atoms with van der Waals surface area (Å²) < 4.78 is 15.0. The number of unbranched alkanes of at least 4 members (excludes halogenated alkanes) is 32. The Morgan fingerprint density at radius 1 is 0.395 bits per heavy atom. The first-order chi connectivity index (χ1) is 21.1. The standard InChI is InChI=1S/C36H72NO5P/c38-36-37-34-32-30-28-26-24-22-20-18-16-14-12-10-8-6-4-2-1-3-5-7-9-11-13-15-17-19-21-23-25-27-29-31-33-35-42-43(39,40)41/h1-35H2,(H2,39,40,41). The van der Waals surface area contributed by atoms with Crippen LogP contribution >= 0.6 is 7.82 Å². The molecule has 0 aromatic rings. The zero-order valence-electron chi connectivity index (χ0n) is 28.3. The lowest BCUT2D eigenvalue weighted by Crippen LogP contribution is -1.92. The zero-order chi connectivity index (χ0) is 31.4. The molecule has 256 valence electrons. The minimum absolute atomic E-state index is 0.165. The fraction of sp³-hybridized carbons (Fsp3) is 0.972. The third-order valence-electron chi connectivity index (χ3n) is 8.74. The smallest absolute Gasteiger partial charge is 0.303 e. The largest absolute Gasteiger partial charge is 0.469 e. The fourth-order valence-corrected chi connectivity index (χ4v) is 6.37. The normalized spacial score (nSPS) is 11.7. The molecular weight excluding hydrogens is 557 g/mol. The van der Waals surface area contributed by atoms with Crippen LogP contribution in [0.3, 0.4) is 0 Å². The number of aliphatic imine (C=N–C) groups is 1. The molecule has 0 aliphatic rings.